The van der Waals surface area contributed by atoms with Crippen LogP contribution in [0.4, 0.5) is 10.5 Å². The van der Waals surface area contributed by atoms with Gasteiger partial charge < -0.3 is 23.8 Å². The van der Waals surface area contributed by atoms with Gasteiger partial charge in [0.25, 0.3) is 0 Å². The van der Waals surface area contributed by atoms with E-state index in [0.29, 0.717) is 37.7 Å². The molecule has 3 amide bonds. The molecule has 2 saturated heterocycles. The van der Waals surface area contributed by atoms with Gasteiger partial charge in [0, 0.05) is 62.8 Å². The highest BCUT2D eigenvalue weighted by Gasteiger charge is 2.32. The molecule has 0 saturated carbocycles. The zero-order valence-electron chi connectivity index (χ0n) is 22.6. The molecule has 0 bridgehead atoms. The first kappa shape index (κ1) is 25.9. The number of rotatable bonds is 10. The number of hydrogen-bond acceptors (Lipinski definition) is 5. The molecule has 5 rings (SSSR count). The number of likely N-dealkylation sites (N-methyl/N-ethyl adjacent to an activating group) is 1. The van der Waals surface area contributed by atoms with E-state index in [1.165, 1.54) is 0 Å². The molecule has 3 aromatic rings. The van der Waals surface area contributed by atoms with E-state index in [1.54, 1.807) is 18.2 Å². The summed E-state index contributed by atoms with van der Waals surface area (Å²) in [5.41, 5.74) is 2.62. The lowest BCUT2D eigenvalue weighted by Gasteiger charge is -2.36. The second-order valence-electron chi connectivity index (χ2n) is 10.1. The van der Waals surface area contributed by atoms with Gasteiger partial charge in [-0.2, -0.15) is 0 Å². The van der Waals surface area contributed by atoms with Crippen LogP contribution in [0.3, 0.4) is 0 Å². The Balaban J connectivity index is 1.34. The highest BCUT2D eigenvalue weighted by atomic mass is 16.5. The van der Waals surface area contributed by atoms with E-state index in [4.69, 9.17) is 9.47 Å². The van der Waals surface area contributed by atoms with Gasteiger partial charge in [-0.15, -0.1) is 0 Å². The Kier molecular flexibility index (Phi) is 7.72. The van der Waals surface area contributed by atoms with E-state index < -0.39 is 0 Å². The van der Waals surface area contributed by atoms with Gasteiger partial charge in [0.15, 0.2) is 11.5 Å². The Morgan fingerprint density at radius 2 is 1.92 bits per heavy atom. The minimum atomic E-state index is -0.221. The van der Waals surface area contributed by atoms with E-state index in [2.05, 4.69) is 11.9 Å². The molecule has 9 nitrogen and oxygen atoms in total. The number of amides is 3. The Morgan fingerprint density at radius 3 is 2.68 bits per heavy atom. The molecule has 9 heteroatoms. The number of urea groups is 1. The fourth-order valence-electron chi connectivity index (χ4n) is 5.42. The number of carbonyl (C=O) groups is 2. The van der Waals surface area contributed by atoms with Crippen LogP contribution in [-0.4, -0.2) is 71.7 Å². The smallest absolute Gasteiger partial charge is 0.324 e. The maximum atomic E-state index is 13.6. The van der Waals surface area contributed by atoms with Crippen molar-refractivity contribution in [2.24, 2.45) is 0 Å². The van der Waals surface area contributed by atoms with Gasteiger partial charge in [0.2, 0.25) is 5.91 Å². The molecule has 0 spiro atoms. The number of unbranched alkanes of at least 4 members (excludes halogenated alkanes) is 2. The number of benzene rings is 1. The van der Waals surface area contributed by atoms with E-state index in [1.807, 2.05) is 57.9 Å². The van der Waals surface area contributed by atoms with Crippen molar-refractivity contribution in [3.05, 3.63) is 48.3 Å². The number of hydrogen-bond donors (Lipinski definition) is 0. The standard InChI is InChI=1S/C29H37N5O4/c1-4-5-6-18-38-26-19-22(8-9-25(26)37-3)33-15-7-14-32(29(33)36)20-21-10-13-30-27-23(21)11-17-34(27)24-12-16-31(2)28(24)35/h8-11,13,17,19,24H,4-7,12,14-16,18,20H2,1-3H3. The summed E-state index contributed by atoms with van der Waals surface area (Å²) in [6.07, 6.45) is 8.58. The average molecular weight is 520 g/mol. The Labute approximate surface area is 223 Å². The number of pyridine rings is 1. The molecule has 38 heavy (non-hydrogen) atoms. The van der Waals surface area contributed by atoms with Crippen molar-refractivity contribution in [2.75, 3.05) is 45.3 Å². The van der Waals surface area contributed by atoms with Gasteiger partial charge in [-0.3, -0.25) is 9.69 Å². The molecule has 0 radical (unpaired) electrons. The lowest BCUT2D eigenvalue weighted by atomic mass is 10.1. The molecular formula is C29H37N5O4. The Bertz CT molecular complexity index is 1310. The molecule has 1 unspecified atom stereocenters. The van der Waals surface area contributed by atoms with Crippen molar-refractivity contribution in [1.82, 2.24) is 19.4 Å². The molecule has 0 N–H and O–H groups in total. The molecule has 2 fully saturated rings. The van der Waals surface area contributed by atoms with E-state index >= 15 is 0 Å². The van der Waals surface area contributed by atoms with Crippen LogP contribution < -0.4 is 14.4 Å². The third-order valence-corrected chi connectivity index (χ3v) is 7.58. The van der Waals surface area contributed by atoms with Crippen LogP contribution in [0.25, 0.3) is 11.0 Å². The first-order chi connectivity index (χ1) is 18.5. The van der Waals surface area contributed by atoms with Crippen molar-refractivity contribution >= 4 is 28.7 Å². The Morgan fingerprint density at radius 1 is 1.05 bits per heavy atom. The van der Waals surface area contributed by atoms with Crippen LogP contribution in [0.1, 0.15) is 50.6 Å². The minimum absolute atomic E-state index is 0.0321. The number of likely N-dealkylation sites (tertiary alicyclic amines) is 1. The number of ether oxygens (including phenoxy) is 2. The number of carbonyl (C=O) groups excluding carboxylic acids is 2. The summed E-state index contributed by atoms with van der Waals surface area (Å²) in [6, 6.07) is 9.42. The topological polar surface area (TPSA) is 80.1 Å². The molecule has 0 aliphatic carbocycles. The largest absolute Gasteiger partial charge is 0.493 e. The van der Waals surface area contributed by atoms with Crippen molar-refractivity contribution in [3.63, 3.8) is 0 Å². The maximum Gasteiger partial charge on any atom is 0.324 e. The predicted molar refractivity (Wildman–Crippen MR) is 147 cm³/mol. The number of fused-ring (bicyclic) bond motifs is 1. The van der Waals surface area contributed by atoms with E-state index in [9.17, 15) is 9.59 Å². The molecule has 2 aliphatic heterocycles. The van der Waals surface area contributed by atoms with Crippen LogP contribution in [0.2, 0.25) is 0 Å². The summed E-state index contributed by atoms with van der Waals surface area (Å²) < 4.78 is 13.5. The fraction of sp³-hybridized carbons (Fsp3) is 0.483. The molecule has 1 atom stereocenters. The summed E-state index contributed by atoms with van der Waals surface area (Å²) in [7, 11) is 3.47. The highest BCUT2D eigenvalue weighted by molar-refractivity contribution is 5.93. The molecular weight excluding hydrogens is 482 g/mol. The quantitative estimate of drug-likeness (QED) is 0.358. The lowest BCUT2D eigenvalue weighted by Crippen LogP contribution is -2.49. The highest BCUT2D eigenvalue weighted by Crippen LogP contribution is 2.34. The van der Waals surface area contributed by atoms with Crippen LogP contribution in [-0.2, 0) is 11.3 Å². The monoisotopic (exact) mass is 519 g/mol. The lowest BCUT2D eigenvalue weighted by molar-refractivity contribution is -0.129. The first-order valence-electron chi connectivity index (χ1n) is 13.6. The summed E-state index contributed by atoms with van der Waals surface area (Å²) in [4.78, 5) is 36.3. The zero-order chi connectivity index (χ0) is 26.6. The fourth-order valence-corrected chi connectivity index (χ4v) is 5.42. The minimum Gasteiger partial charge on any atom is -0.493 e. The second kappa shape index (κ2) is 11.3. The third kappa shape index (κ3) is 5.01. The summed E-state index contributed by atoms with van der Waals surface area (Å²) >= 11 is 0. The molecule has 1 aromatic carbocycles. The second-order valence-corrected chi connectivity index (χ2v) is 10.1. The van der Waals surface area contributed by atoms with Gasteiger partial charge in [-0.05, 0) is 49.1 Å². The van der Waals surface area contributed by atoms with Gasteiger partial charge in [0.05, 0.1) is 13.7 Å². The Hall–Kier alpha value is -3.75. The number of nitrogens with zero attached hydrogens (tertiary/aromatic N) is 5. The third-order valence-electron chi connectivity index (χ3n) is 7.58. The van der Waals surface area contributed by atoms with Crippen LogP contribution in [0.15, 0.2) is 42.7 Å². The number of aromatic nitrogens is 2. The molecule has 2 aliphatic rings. The summed E-state index contributed by atoms with van der Waals surface area (Å²) in [5, 5.41) is 0.979. The van der Waals surface area contributed by atoms with Gasteiger partial charge in [-0.25, -0.2) is 9.78 Å². The van der Waals surface area contributed by atoms with E-state index in [0.717, 1.165) is 60.9 Å². The van der Waals surface area contributed by atoms with E-state index in [-0.39, 0.29) is 18.0 Å². The van der Waals surface area contributed by atoms with Crippen molar-refractivity contribution in [1.29, 1.82) is 0 Å². The van der Waals surface area contributed by atoms with Crippen LogP contribution in [0, 0.1) is 0 Å². The first-order valence-corrected chi connectivity index (χ1v) is 13.6. The van der Waals surface area contributed by atoms with Crippen LogP contribution in [0.5, 0.6) is 11.5 Å². The molecule has 2 aromatic heterocycles. The molecule has 4 heterocycles. The van der Waals surface area contributed by atoms with Gasteiger partial charge in [-0.1, -0.05) is 19.8 Å². The van der Waals surface area contributed by atoms with Crippen molar-refractivity contribution in [2.45, 2.75) is 51.6 Å². The zero-order valence-corrected chi connectivity index (χ0v) is 22.6. The predicted octanol–water partition coefficient (Wildman–Crippen LogP) is 4.85. The van der Waals surface area contributed by atoms with Crippen molar-refractivity contribution in [3.8, 4) is 11.5 Å². The van der Waals surface area contributed by atoms with Gasteiger partial charge in [0.1, 0.15) is 11.7 Å². The maximum absolute atomic E-state index is 13.6. The van der Waals surface area contributed by atoms with Crippen molar-refractivity contribution < 1.29 is 19.1 Å². The van der Waals surface area contributed by atoms with Crippen LogP contribution >= 0.6 is 0 Å². The van der Waals surface area contributed by atoms with Gasteiger partial charge >= 0.3 is 6.03 Å². The summed E-state index contributed by atoms with van der Waals surface area (Å²) in [5.74, 6) is 1.45. The normalized spacial score (nSPS) is 18.1. The SMILES string of the molecule is CCCCCOc1cc(N2CCCN(Cc3ccnc4c3ccn4C3CCN(C)C3=O)C2=O)ccc1OC. The number of anilines is 1. The molecule has 202 valence electrons. The average Bonchev–Trinajstić information content (AvgIpc) is 3.51. The number of methoxy groups -OCH3 is 1. The summed E-state index contributed by atoms with van der Waals surface area (Å²) in [6.45, 7) is 5.34.